The van der Waals surface area contributed by atoms with Gasteiger partial charge in [-0.05, 0) is 49.2 Å². The normalized spacial score (nSPS) is 17.0. The van der Waals surface area contributed by atoms with Crippen molar-refractivity contribution in [3.05, 3.63) is 66.1 Å². The van der Waals surface area contributed by atoms with Gasteiger partial charge in [-0.15, -0.1) is 0 Å². The van der Waals surface area contributed by atoms with Gasteiger partial charge < -0.3 is 10.6 Å². The van der Waals surface area contributed by atoms with Gasteiger partial charge in [-0.3, -0.25) is 14.9 Å². The molecule has 2 fully saturated rings. The summed E-state index contributed by atoms with van der Waals surface area (Å²) >= 11 is 0. The van der Waals surface area contributed by atoms with Crippen LogP contribution in [-0.4, -0.2) is 42.2 Å². The molecular weight excluding hydrogens is 420 g/mol. The van der Waals surface area contributed by atoms with Crippen molar-refractivity contribution >= 4 is 40.9 Å². The molecule has 1 aliphatic heterocycles. The first-order chi connectivity index (χ1) is 16.1. The standard InChI is InChI=1S/C23H20N8O2/c32-21-11-14(23(33)29-21)10-15-13-25-31-20(27-17-2-3-17)12-19(28-22(15)31)26-16-4-6-18(7-5-16)30-9-1-8-24-30/h1,4-10,12-13,17,27H,2-3,11H2,(H,26,28)(H,29,32,33). The molecule has 1 aromatic carbocycles. The van der Waals surface area contributed by atoms with Crippen molar-refractivity contribution in [1.82, 2.24) is 29.7 Å². The van der Waals surface area contributed by atoms with Crippen LogP contribution in [0.2, 0.25) is 0 Å². The Kier molecular flexibility index (Phi) is 4.42. The van der Waals surface area contributed by atoms with Crippen molar-refractivity contribution in [2.75, 3.05) is 10.6 Å². The van der Waals surface area contributed by atoms with Crippen LogP contribution in [0.4, 0.5) is 17.3 Å². The van der Waals surface area contributed by atoms with E-state index in [-0.39, 0.29) is 18.2 Å². The molecule has 1 aliphatic carbocycles. The maximum atomic E-state index is 12.0. The summed E-state index contributed by atoms with van der Waals surface area (Å²) < 4.78 is 3.52. The number of fused-ring (bicyclic) bond motifs is 1. The van der Waals surface area contributed by atoms with Crippen molar-refractivity contribution in [2.24, 2.45) is 0 Å². The van der Waals surface area contributed by atoms with Crippen LogP contribution in [0.25, 0.3) is 17.4 Å². The van der Waals surface area contributed by atoms with E-state index in [1.807, 2.05) is 42.6 Å². The number of hydrogen-bond donors (Lipinski definition) is 3. The van der Waals surface area contributed by atoms with Crippen LogP contribution in [0.1, 0.15) is 24.8 Å². The van der Waals surface area contributed by atoms with Crippen LogP contribution >= 0.6 is 0 Å². The first-order valence-corrected chi connectivity index (χ1v) is 10.7. The van der Waals surface area contributed by atoms with Crippen LogP contribution in [0.3, 0.4) is 0 Å². The number of carbonyl (C=O) groups is 2. The summed E-state index contributed by atoms with van der Waals surface area (Å²) in [6.07, 6.45) is 9.25. The van der Waals surface area contributed by atoms with Gasteiger partial charge in [0.05, 0.1) is 18.3 Å². The molecule has 1 saturated heterocycles. The van der Waals surface area contributed by atoms with E-state index in [0.717, 1.165) is 30.0 Å². The zero-order valence-electron chi connectivity index (χ0n) is 17.5. The zero-order valence-corrected chi connectivity index (χ0v) is 17.5. The van der Waals surface area contributed by atoms with Crippen LogP contribution in [-0.2, 0) is 9.59 Å². The van der Waals surface area contributed by atoms with Crippen molar-refractivity contribution < 1.29 is 9.59 Å². The minimum atomic E-state index is -0.373. The topological polar surface area (TPSA) is 118 Å². The molecular formula is C23H20N8O2. The smallest absolute Gasteiger partial charge is 0.254 e. The van der Waals surface area contributed by atoms with Gasteiger partial charge in [0.25, 0.3) is 5.91 Å². The van der Waals surface area contributed by atoms with E-state index in [9.17, 15) is 9.59 Å². The fraction of sp³-hybridized carbons (Fsp3) is 0.174. The summed E-state index contributed by atoms with van der Waals surface area (Å²) in [4.78, 5) is 28.3. The lowest BCUT2D eigenvalue weighted by molar-refractivity contribution is -0.124. The average Bonchev–Trinajstić information content (AvgIpc) is 3.17. The molecule has 10 heteroatoms. The van der Waals surface area contributed by atoms with Crippen molar-refractivity contribution in [3.8, 4) is 5.69 Å². The third-order valence-corrected chi connectivity index (χ3v) is 5.56. The van der Waals surface area contributed by atoms with E-state index in [0.29, 0.717) is 28.6 Å². The Bertz CT molecular complexity index is 1400. The molecule has 33 heavy (non-hydrogen) atoms. The molecule has 4 aromatic rings. The van der Waals surface area contributed by atoms with Gasteiger partial charge in [0, 0.05) is 41.3 Å². The number of nitrogens with zero attached hydrogens (tertiary/aromatic N) is 5. The van der Waals surface area contributed by atoms with Gasteiger partial charge in [0.2, 0.25) is 5.91 Å². The van der Waals surface area contributed by atoms with Gasteiger partial charge >= 0.3 is 0 Å². The largest absolute Gasteiger partial charge is 0.367 e. The second kappa shape index (κ2) is 7.59. The molecule has 4 heterocycles. The predicted molar refractivity (Wildman–Crippen MR) is 122 cm³/mol. The maximum Gasteiger partial charge on any atom is 0.254 e. The van der Waals surface area contributed by atoms with Gasteiger partial charge in [-0.25, -0.2) is 9.67 Å². The van der Waals surface area contributed by atoms with Gasteiger partial charge in [-0.1, -0.05) is 0 Å². The minimum Gasteiger partial charge on any atom is -0.367 e. The first-order valence-electron chi connectivity index (χ1n) is 10.7. The minimum absolute atomic E-state index is 0.0594. The summed E-state index contributed by atoms with van der Waals surface area (Å²) in [6, 6.07) is 12.1. The SMILES string of the molecule is O=C1CC(=Cc2cnn3c(NC4CC4)cc(Nc4ccc(-n5cccn5)cc4)nc23)C(=O)N1. The van der Waals surface area contributed by atoms with E-state index in [4.69, 9.17) is 4.98 Å². The zero-order chi connectivity index (χ0) is 22.4. The Morgan fingerprint density at radius 3 is 2.67 bits per heavy atom. The molecule has 0 unspecified atom stereocenters. The van der Waals surface area contributed by atoms with Crippen molar-refractivity contribution in [1.29, 1.82) is 0 Å². The van der Waals surface area contributed by atoms with E-state index >= 15 is 0 Å². The lowest BCUT2D eigenvalue weighted by atomic mass is 10.1. The number of anilines is 3. The Morgan fingerprint density at radius 2 is 1.97 bits per heavy atom. The number of imide groups is 1. The third kappa shape index (κ3) is 3.82. The predicted octanol–water partition coefficient (Wildman–Crippen LogP) is 2.66. The summed E-state index contributed by atoms with van der Waals surface area (Å²) in [6.45, 7) is 0. The monoisotopic (exact) mass is 440 g/mol. The molecule has 1 saturated carbocycles. The Balaban J connectivity index is 1.35. The highest BCUT2D eigenvalue weighted by atomic mass is 16.2. The second-order valence-corrected chi connectivity index (χ2v) is 8.13. The first kappa shape index (κ1) is 19.2. The lowest BCUT2D eigenvalue weighted by Gasteiger charge is -2.12. The number of rotatable bonds is 6. The Hall–Kier alpha value is -4.47. The molecule has 0 spiro atoms. The number of nitrogens with one attached hydrogen (secondary N) is 3. The number of aromatic nitrogens is 5. The maximum absolute atomic E-state index is 12.0. The van der Waals surface area contributed by atoms with Crippen molar-refractivity contribution in [3.63, 3.8) is 0 Å². The summed E-state index contributed by atoms with van der Waals surface area (Å²) in [5, 5.41) is 17.9. The molecule has 2 amide bonds. The molecule has 3 N–H and O–H groups in total. The van der Waals surface area contributed by atoms with Crippen LogP contribution < -0.4 is 16.0 Å². The van der Waals surface area contributed by atoms with E-state index in [1.54, 1.807) is 27.7 Å². The van der Waals surface area contributed by atoms with E-state index in [2.05, 4.69) is 26.1 Å². The molecule has 0 atom stereocenters. The fourth-order valence-corrected chi connectivity index (χ4v) is 3.76. The molecule has 6 rings (SSSR count). The van der Waals surface area contributed by atoms with Gasteiger partial charge in [0.15, 0.2) is 5.65 Å². The lowest BCUT2D eigenvalue weighted by Crippen LogP contribution is -2.19. The highest BCUT2D eigenvalue weighted by molar-refractivity contribution is 6.15. The van der Waals surface area contributed by atoms with Gasteiger partial charge in [0.1, 0.15) is 11.6 Å². The fourth-order valence-electron chi connectivity index (χ4n) is 3.76. The van der Waals surface area contributed by atoms with Crippen molar-refractivity contribution in [2.45, 2.75) is 25.3 Å². The quantitative estimate of drug-likeness (QED) is 0.312. The van der Waals surface area contributed by atoms with Crippen LogP contribution in [0.5, 0.6) is 0 Å². The summed E-state index contributed by atoms with van der Waals surface area (Å²) in [5.74, 6) is 0.786. The molecule has 2 aliphatic rings. The Morgan fingerprint density at radius 1 is 1.12 bits per heavy atom. The van der Waals surface area contributed by atoms with E-state index < -0.39 is 0 Å². The third-order valence-electron chi connectivity index (χ3n) is 5.56. The molecule has 3 aromatic heterocycles. The van der Waals surface area contributed by atoms with Gasteiger partial charge in [-0.2, -0.15) is 14.7 Å². The number of amides is 2. The summed E-state index contributed by atoms with van der Waals surface area (Å²) in [5.41, 5.74) is 3.50. The Labute approximate surface area is 188 Å². The average molecular weight is 440 g/mol. The second-order valence-electron chi connectivity index (χ2n) is 8.13. The highest BCUT2D eigenvalue weighted by Crippen LogP contribution is 2.29. The highest BCUT2D eigenvalue weighted by Gasteiger charge is 2.25. The summed E-state index contributed by atoms with van der Waals surface area (Å²) in [7, 11) is 0. The molecule has 0 radical (unpaired) electrons. The number of carbonyl (C=O) groups excluding carboxylic acids is 2. The number of hydrogen-bond acceptors (Lipinski definition) is 7. The van der Waals surface area contributed by atoms with E-state index in [1.165, 1.54) is 0 Å². The molecule has 164 valence electrons. The number of benzene rings is 1. The molecule has 0 bridgehead atoms. The van der Waals surface area contributed by atoms with Crippen LogP contribution in [0, 0.1) is 0 Å². The van der Waals surface area contributed by atoms with Crippen LogP contribution in [0.15, 0.2) is 60.6 Å². The molecule has 10 nitrogen and oxygen atoms in total.